The minimum absolute atomic E-state index is 0.0835. The van der Waals surface area contributed by atoms with Gasteiger partial charge >= 0.3 is 17.1 Å². The van der Waals surface area contributed by atoms with E-state index < -0.39 is 17.1 Å². The molecule has 2 saturated heterocycles. The second-order valence-electron chi connectivity index (χ2n) is 6.63. The highest BCUT2D eigenvalue weighted by molar-refractivity contribution is 4.82. The Morgan fingerprint density at radius 1 is 0.920 bits per heavy atom. The Morgan fingerprint density at radius 2 is 1.32 bits per heavy atom. The molecule has 0 spiro atoms. The molecular formula is C16H25N3O6. The third kappa shape index (κ3) is 4.47. The molecule has 0 aliphatic carbocycles. The van der Waals surface area contributed by atoms with Crippen molar-refractivity contribution >= 4 is 0 Å². The fourth-order valence-corrected chi connectivity index (χ4v) is 2.70. The largest absolute Gasteiger partial charge is 0.382 e. The molecule has 0 radical (unpaired) electrons. The zero-order valence-corrected chi connectivity index (χ0v) is 14.7. The average Bonchev–Trinajstić information content (AvgIpc) is 3.48. The Labute approximate surface area is 144 Å². The van der Waals surface area contributed by atoms with E-state index in [4.69, 9.17) is 14.2 Å². The van der Waals surface area contributed by atoms with Gasteiger partial charge in [0, 0.05) is 26.7 Å². The van der Waals surface area contributed by atoms with Crippen LogP contribution in [0, 0.1) is 0 Å². The van der Waals surface area contributed by atoms with Gasteiger partial charge in [-0.25, -0.2) is 28.1 Å². The fourth-order valence-electron chi connectivity index (χ4n) is 2.70. The standard InChI is InChI=1S/C16H25N3O6/c1-11(23-2)3-6-17-14(20)18(7-4-12-9-24-12)16(22)19(15(17)21)8-5-13-10-25-13/h11-13H,3-10H2,1-2H3. The summed E-state index contributed by atoms with van der Waals surface area (Å²) in [6, 6.07) is 0. The second kappa shape index (κ2) is 7.67. The monoisotopic (exact) mass is 355 g/mol. The van der Waals surface area contributed by atoms with E-state index in [1.807, 2.05) is 6.92 Å². The van der Waals surface area contributed by atoms with Gasteiger partial charge in [-0.1, -0.05) is 0 Å². The van der Waals surface area contributed by atoms with Crippen molar-refractivity contribution in [3.63, 3.8) is 0 Å². The maximum Gasteiger partial charge on any atom is 0.336 e. The van der Waals surface area contributed by atoms with E-state index in [2.05, 4.69) is 0 Å². The maximum absolute atomic E-state index is 12.7. The van der Waals surface area contributed by atoms with Gasteiger partial charge < -0.3 is 14.2 Å². The average molecular weight is 355 g/mol. The quantitative estimate of drug-likeness (QED) is 0.508. The summed E-state index contributed by atoms with van der Waals surface area (Å²) in [6.07, 6.45) is 1.82. The Kier molecular flexibility index (Phi) is 5.55. The van der Waals surface area contributed by atoms with Gasteiger partial charge in [-0.3, -0.25) is 0 Å². The van der Waals surface area contributed by atoms with Gasteiger partial charge in [0.1, 0.15) is 0 Å². The number of methoxy groups -OCH3 is 1. The molecule has 0 N–H and O–H groups in total. The van der Waals surface area contributed by atoms with Crippen LogP contribution < -0.4 is 17.1 Å². The van der Waals surface area contributed by atoms with Crippen molar-refractivity contribution in [3.8, 4) is 0 Å². The number of ether oxygens (including phenoxy) is 3. The number of hydrogen-bond donors (Lipinski definition) is 0. The molecule has 3 atom stereocenters. The molecule has 0 saturated carbocycles. The van der Waals surface area contributed by atoms with Crippen LogP contribution >= 0.6 is 0 Å². The molecule has 1 aromatic rings. The van der Waals surface area contributed by atoms with Gasteiger partial charge in [0.15, 0.2) is 0 Å². The molecule has 0 amide bonds. The summed E-state index contributed by atoms with van der Waals surface area (Å²) in [5, 5.41) is 0. The first-order chi connectivity index (χ1) is 12.0. The third-order valence-corrected chi connectivity index (χ3v) is 4.70. The van der Waals surface area contributed by atoms with E-state index in [9.17, 15) is 14.4 Å². The second-order valence-corrected chi connectivity index (χ2v) is 6.63. The summed E-state index contributed by atoms with van der Waals surface area (Å²) >= 11 is 0. The van der Waals surface area contributed by atoms with Crippen molar-refractivity contribution in [1.29, 1.82) is 0 Å². The molecule has 0 aromatic carbocycles. The van der Waals surface area contributed by atoms with Crippen LogP contribution in [0.2, 0.25) is 0 Å². The minimum atomic E-state index is -0.558. The first-order valence-electron chi connectivity index (χ1n) is 8.71. The number of hydrogen-bond acceptors (Lipinski definition) is 6. The van der Waals surface area contributed by atoms with Crippen LogP contribution in [0.5, 0.6) is 0 Å². The lowest BCUT2D eigenvalue weighted by Crippen LogP contribution is -2.55. The molecule has 3 heterocycles. The smallest absolute Gasteiger partial charge is 0.336 e. The molecule has 25 heavy (non-hydrogen) atoms. The highest BCUT2D eigenvalue weighted by Crippen LogP contribution is 2.14. The number of rotatable bonds is 10. The summed E-state index contributed by atoms with van der Waals surface area (Å²) in [5.41, 5.74) is -1.66. The lowest BCUT2D eigenvalue weighted by atomic mass is 10.3. The Bertz CT molecular complexity index is 717. The predicted molar refractivity (Wildman–Crippen MR) is 89.0 cm³/mol. The molecular weight excluding hydrogens is 330 g/mol. The molecule has 1 aromatic heterocycles. The van der Waals surface area contributed by atoms with Crippen molar-refractivity contribution < 1.29 is 14.2 Å². The fraction of sp³-hybridized carbons (Fsp3) is 0.812. The van der Waals surface area contributed by atoms with Gasteiger partial charge in [-0.05, 0) is 26.2 Å². The van der Waals surface area contributed by atoms with Crippen LogP contribution in [0.25, 0.3) is 0 Å². The molecule has 2 fully saturated rings. The van der Waals surface area contributed by atoms with Gasteiger partial charge in [0.25, 0.3) is 0 Å². The van der Waals surface area contributed by atoms with E-state index in [1.165, 1.54) is 0 Å². The zero-order chi connectivity index (χ0) is 18.0. The minimum Gasteiger partial charge on any atom is -0.382 e. The van der Waals surface area contributed by atoms with E-state index in [-0.39, 0.29) is 37.9 Å². The highest BCUT2D eigenvalue weighted by atomic mass is 16.6. The van der Waals surface area contributed by atoms with Crippen LogP contribution in [0.3, 0.4) is 0 Å². The van der Waals surface area contributed by atoms with Crippen molar-refractivity contribution in [3.05, 3.63) is 31.5 Å². The third-order valence-electron chi connectivity index (χ3n) is 4.70. The first kappa shape index (κ1) is 18.1. The summed E-state index contributed by atoms with van der Waals surface area (Å²) in [7, 11) is 1.58. The molecule has 3 rings (SSSR count). The van der Waals surface area contributed by atoms with Crippen LogP contribution in [-0.4, -0.2) is 52.3 Å². The SMILES string of the molecule is COC(C)CCn1c(=O)n(CCC2CO2)c(=O)n(CCC2CO2)c1=O. The van der Waals surface area contributed by atoms with Crippen molar-refractivity contribution in [2.45, 2.75) is 64.1 Å². The molecule has 9 heteroatoms. The Morgan fingerprint density at radius 3 is 1.68 bits per heavy atom. The normalized spacial score (nSPS) is 22.8. The lowest BCUT2D eigenvalue weighted by molar-refractivity contribution is 0.105. The van der Waals surface area contributed by atoms with Gasteiger partial charge in [-0.15, -0.1) is 0 Å². The lowest BCUT2D eigenvalue weighted by Gasteiger charge is -2.15. The van der Waals surface area contributed by atoms with Crippen molar-refractivity contribution in [1.82, 2.24) is 13.7 Å². The van der Waals surface area contributed by atoms with Gasteiger partial charge in [0.2, 0.25) is 0 Å². The highest BCUT2D eigenvalue weighted by Gasteiger charge is 2.25. The Hall–Kier alpha value is -1.71. The summed E-state index contributed by atoms with van der Waals surface area (Å²) in [4.78, 5) is 37.9. The van der Waals surface area contributed by atoms with Crippen molar-refractivity contribution in [2.75, 3.05) is 20.3 Å². The number of epoxide rings is 2. The van der Waals surface area contributed by atoms with Gasteiger partial charge in [0.05, 0.1) is 31.5 Å². The Balaban J connectivity index is 1.90. The van der Waals surface area contributed by atoms with Crippen LogP contribution in [0.4, 0.5) is 0 Å². The van der Waals surface area contributed by atoms with E-state index in [1.54, 1.807) is 7.11 Å². The zero-order valence-electron chi connectivity index (χ0n) is 14.7. The van der Waals surface area contributed by atoms with Crippen LogP contribution in [0.1, 0.15) is 26.2 Å². The van der Waals surface area contributed by atoms with Crippen LogP contribution in [0.15, 0.2) is 14.4 Å². The summed E-state index contributed by atoms with van der Waals surface area (Å²) in [5.74, 6) is 0. The van der Waals surface area contributed by atoms with E-state index in [0.29, 0.717) is 32.5 Å². The predicted octanol–water partition coefficient (Wildman–Crippen LogP) is -0.825. The summed E-state index contributed by atoms with van der Waals surface area (Å²) < 4.78 is 18.9. The summed E-state index contributed by atoms with van der Waals surface area (Å²) in [6.45, 7) is 3.91. The van der Waals surface area contributed by atoms with Crippen molar-refractivity contribution in [2.24, 2.45) is 0 Å². The van der Waals surface area contributed by atoms with Gasteiger partial charge in [-0.2, -0.15) is 0 Å². The molecule has 140 valence electrons. The first-order valence-corrected chi connectivity index (χ1v) is 8.71. The van der Waals surface area contributed by atoms with E-state index >= 15 is 0 Å². The molecule has 0 bridgehead atoms. The molecule has 9 nitrogen and oxygen atoms in total. The maximum atomic E-state index is 12.7. The van der Waals surface area contributed by atoms with E-state index in [0.717, 1.165) is 13.7 Å². The molecule has 2 aliphatic rings. The number of nitrogens with zero attached hydrogens (tertiary/aromatic N) is 3. The topological polar surface area (TPSA) is 100 Å². The molecule has 2 aliphatic heterocycles. The van der Waals surface area contributed by atoms with Crippen LogP contribution in [-0.2, 0) is 33.8 Å². The molecule has 3 unspecified atom stereocenters. The number of aromatic nitrogens is 3.